The van der Waals surface area contributed by atoms with Crippen LogP contribution >= 0.6 is 12.4 Å². The fourth-order valence-electron chi connectivity index (χ4n) is 2.65. The summed E-state index contributed by atoms with van der Waals surface area (Å²) in [5.74, 6) is 1.91. The van der Waals surface area contributed by atoms with Crippen molar-refractivity contribution in [3.05, 3.63) is 58.6 Å². The lowest BCUT2D eigenvalue weighted by Gasteiger charge is -2.31. The molecule has 1 heterocycles. The molecule has 0 radical (unpaired) electrons. The van der Waals surface area contributed by atoms with Crippen LogP contribution in [0.5, 0.6) is 17.2 Å². The third kappa shape index (κ3) is 5.72. The number of rotatable bonds is 8. The van der Waals surface area contributed by atoms with Crippen molar-refractivity contribution in [1.29, 1.82) is 0 Å². The molecular weight excluding hydrogens is 388 g/mol. The molecule has 1 aliphatic rings. The Bertz CT molecular complexity index is 773. The maximum Gasteiger partial charge on any atom is 0.269 e. The van der Waals surface area contributed by atoms with Crippen molar-refractivity contribution < 1.29 is 24.2 Å². The highest BCUT2D eigenvalue weighted by Gasteiger charge is 2.26. The summed E-state index contributed by atoms with van der Waals surface area (Å²) in [7, 11) is 0. The van der Waals surface area contributed by atoms with Gasteiger partial charge < -0.3 is 24.6 Å². The first-order valence-corrected chi connectivity index (χ1v) is 8.70. The number of hydrogen-bond donors (Lipinski definition) is 2. The van der Waals surface area contributed by atoms with Crippen molar-refractivity contribution in [3.8, 4) is 17.2 Å². The van der Waals surface area contributed by atoms with Gasteiger partial charge in [0, 0.05) is 24.7 Å². The Kier molecular flexibility index (Phi) is 7.86. The van der Waals surface area contributed by atoms with Gasteiger partial charge in [0.2, 0.25) is 0 Å². The number of nitro groups is 1. The number of aliphatic hydroxyl groups excluding tert-OH is 1. The fourth-order valence-corrected chi connectivity index (χ4v) is 2.65. The van der Waals surface area contributed by atoms with Crippen LogP contribution in [-0.4, -0.2) is 48.0 Å². The molecule has 0 spiro atoms. The van der Waals surface area contributed by atoms with Crippen molar-refractivity contribution in [2.45, 2.75) is 25.2 Å². The summed E-state index contributed by atoms with van der Waals surface area (Å²) in [5, 5.41) is 23.9. The van der Waals surface area contributed by atoms with Gasteiger partial charge in [-0.1, -0.05) is 12.1 Å². The Morgan fingerprint density at radius 3 is 2.61 bits per heavy atom. The molecule has 0 saturated heterocycles. The molecule has 3 unspecified atom stereocenters. The Labute approximate surface area is 169 Å². The van der Waals surface area contributed by atoms with Crippen LogP contribution in [0.25, 0.3) is 0 Å². The highest BCUT2D eigenvalue weighted by molar-refractivity contribution is 5.85. The minimum absolute atomic E-state index is 0. The summed E-state index contributed by atoms with van der Waals surface area (Å²) >= 11 is 0. The largest absolute Gasteiger partial charge is 0.491 e. The molecule has 0 bridgehead atoms. The van der Waals surface area contributed by atoms with Gasteiger partial charge in [0.1, 0.15) is 31.2 Å². The lowest BCUT2D eigenvalue weighted by Crippen LogP contribution is -2.48. The van der Waals surface area contributed by atoms with Crippen molar-refractivity contribution >= 4 is 18.1 Å². The van der Waals surface area contributed by atoms with E-state index < -0.39 is 11.0 Å². The molecule has 0 aliphatic carbocycles. The van der Waals surface area contributed by atoms with E-state index in [1.54, 1.807) is 0 Å². The molecule has 0 aromatic heterocycles. The average molecular weight is 411 g/mol. The molecule has 152 valence electrons. The van der Waals surface area contributed by atoms with E-state index in [1.165, 1.54) is 24.3 Å². The van der Waals surface area contributed by atoms with Crippen molar-refractivity contribution in [2.75, 3.05) is 19.8 Å². The quantitative estimate of drug-likeness (QED) is 0.509. The first kappa shape index (κ1) is 21.7. The van der Waals surface area contributed by atoms with Crippen LogP contribution in [0.15, 0.2) is 48.5 Å². The molecule has 28 heavy (non-hydrogen) atoms. The standard InChI is InChI=1S/C19H22N2O6.ClH/c1-13(19-12-26-17-4-2-3-5-18(17)27-19)20-10-15(22)11-25-16-8-6-14(7-9-16)21(23)24;/h2-9,13,15,19-20,22H,10-12H2,1H3;1H. The molecule has 2 N–H and O–H groups in total. The van der Waals surface area contributed by atoms with E-state index in [0.717, 1.165) is 5.75 Å². The number of benzene rings is 2. The fraction of sp³-hybridized carbons (Fsp3) is 0.368. The minimum atomic E-state index is -0.737. The number of hydrogen-bond acceptors (Lipinski definition) is 7. The van der Waals surface area contributed by atoms with Gasteiger partial charge in [0.05, 0.1) is 4.92 Å². The molecule has 8 nitrogen and oxygen atoms in total. The Hall–Kier alpha value is -2.55. The summed E-state index contributed by atoms with van der Waals surface area (Å²) < 4.78 is 17.1. The Morgan fingerprint density at radius 1 is 1.25 bits per heavy atom. The maximum atomic E-state index is 10.6. The topological polar surface area (TPSA) is 103 Å². The van der Waals surface area contributed by atoms with Gasteiger partial charge in [-0.15, -0.1) is 12.4 Å². The summed E-state index contributed by atoms with van der Waals surface area (Å²) in [6, 6.07) is 13.2. The van der Waals surface area contributed by atoms with E-state index in [1.807, 2.05) is 31.2 Å². The van der Waals surface area contributed by atoms with Crippen LogP contribution in [-0.2, 0) is 0 Å². The van der Waals surface area contributed by atoms with E-state index in [-0.39, 0.29) is 36.8 Å². The number of para-hydroxylation sites is 2. The number of halogens is 1. The molecule has 0 amide bonds. The zero-order valence-electron chi connectivity index (χ0n) is 15.3. The van der Waals surface area contributed by atoms with Crippen LogP contribution in [0, 0.1) is 10.1 Å². The highest BCUT2D eigenvalue weighted by Crippen LogP contribution is 2.31. The lowest BCUT2D eigenvalue weighted by molar-refractivity contribution is -0.384. The third-order valence-electron chi connectivity index (χ3n) is 4.25. The predicted molar refractivity (Wildman–Crippen MR) is 106 cm³/mol. The first-order chi connectivity index (χ1) is 13.0. The number of nitrogens with one attached hydrogen (secondary N) is 1. The Balaban J connectivity index is 0.00000280. The zero-order chi connectivity index (χ0) is 19.2. The number of fused-ring (bicyclic) bond motifs is 1. The molecule has 0 saturated carbocycles. The van der Waals surface area contributed by atoms with E-state index >= 15 is 0 Å². The van der Waals surface area contributed by atoms with Gasteiger partial charge in [-0.25, -0.2) is 0 Å². The van der Waals surface area contributed by atoms with Gasteiger partial charge in [-0.2, -0.15) is 0 Å². The van der Waals surface area contributed by atoms with Gasteiger partial charge in [-0.3, -0.25) is 10.1 Å². The van der Waals surface area contributed by atoms with Crippen molar-refractivity contribution in [3.63, 3.8) is 0 Å². The van der Waals surface area contributed by atoms with Gasteiger partial charge >= 0.3 is 0 Å². The highest BCUT2D eigenvalue weighted by atomic mass is 35.5. The van der Waals surface area contributed by atoms with Gasteiger partial charge in [0.25, 0.3) is 5.69 Å². The molecule has 0 fully saturated rings. The second-order valence-electron chi connectivity index (χ2n) is 6.33. The first-order valence-electron chi connectivity index (χ1n) is 8.70. The molecular formula is C19H23ClN2O6. The molecule has 3 atom stereocenters. The molecule has 3 rings (SSSR count). The van der Waals surface area contributed by atoms with Crippen LogP contribution in [0.1, 0.15) is 6.92 Å². The molecule has 9 heteroatoms. The Morgan fingerprint density at radius 2 is 1.93 bits per heavy atom. The van der Waals surface area contributed by atoms with Crippen LogP contribution in [0.2, 0.25) is 0 Å². The number of aliphatic hydroxyl groups is 1. The van der Waals surface area contributed by atoms with E-state index in [0.29, 0.717) is 24.7 Å². The maximum absolute atomic E-state index is 10.6. The predicted octanol–water partition coefficient (Wildman–Crippen LogP) is 2.57. The molecule has 2 aromatic carbocycles. The molecule has 2 aromatic rings. The monoisotopic (exact) mass is 410 g/mol. The van der Waals surface area contributed by atoms with Gasteiger partial charge in [-0.05, 0) is 31.2 Å². The third-order valence-corrected chi connectivity index (χ3v) is 4.25. The number of non-ortho nitro benzene ring substituents is 1. The van der Waals surface area contributed by atoms with E-state index in [4.69, 9.17) is 14.2 Å². The van der Waals surface area contributed by atoms with Crippen LogP contribution < -0.4 is 19.5 Å². The summed E-state index contributed by atoms with van der Waals surface area (Å²) in [6.07, 6.45) is -0.901. The smallest absolute Gasteiger partial charge is 0.269 e. The molecule has 1 aliphatic heterocycles. The summed E-state index contributed by atoms with van der Waals surface area (Å²) in [4.78, 5) is 10.2. The van der Waals surface area contributed by atoms with Crippen LogP contribution in [0.4, 0.5) is 5.69 Å². The van der Waals surface area contributed by atoms with E-state index in [2.05, 4.69) is 5.32 Å². The normalized spacial score (nSPS) is 17.1. The zero-order valence-corrected chi connectivity index (χ0v) is 16.1. The second kappa shape index (κ2) is 10.1. The summed E-state index contributed by atoms with van der Waals surface area (Å²) in [5.41, 5.74) is -0.00494. The van der Waals surface area contributed by atoms with Crippen molar-refractivity contribution in [1.82, 2.24) is 5.32 Å². The average Bonchev–Trinajstić information content (AvgIpc) is 2.70. The number of ether oxygens (including phenoxy) is 3. The number of nitrogens with zero attached hydrogens (tertiary/aromatic N) is 1. The minimum Gasteiger partial charge on any atom is -0.491 e. The SMILES string of the molecule is CC(NCC(O)COc1ccc([N+](=O)[O-])cc1)C1COc2ccccc2O1.Cl. The summed E-state index contributed by atoms with van der Waals surface area (Å²) in [6.45, 7) is 2.78. The van der Waals surface area contributed by atoms with Crippen molar-refractivity contribution in [2.24, 2.45) is 0 Å². The number of nitro benzene ring substituents is 1. The lowest BCUT2D eigenvalue weighted by atomic mass is 10.1. The van der Waals surface area contributed by atoms with Gasteiger partial charge in [0.15, 0.2) is 11.5 Å². The van der Waals surface area contributed by atoms with Crippen LogP contribution in [0.3, 0.4) is 0 Å². The van der Waals surface area contributed by atoms with E-state index in [9.17, 15) is 15.2 Å². The second-order valence-corrected chi connectivity index (χ2v) is 6.33.